The number of hydrogen-bond acceptors (Lipinski definition) is 3. The monoisotopic (exact) mass is 321 g/mol. The summed E-state index contributed by atoms with van der Waals surface area (Å²) in [5.41, 5.74) is 4.97. The first-order chi connectivity index (χ1) is 11.7. The van der Waals surface area contributed by atoms with E-state index >= 15 is 0 Å². The average molecular weight is 321 g/mol. The van der Waals surface area contributed by atoms with Gasteiger partial charge in [0.05, 0.1) is 11.0 Å². The van der Waals surface area contributed by atoms with E-state index in [0.717, 1.165) is 34.5 Å². The molecule has 4 rings (SSSR count). The van der Waals surface area contributed by atoms with E-state index in [1.807, 2.05) is 36.4 Å². The number of fused-ring (bicyclic) bond motifs is 2. The minimum absolute atomic E-state index is 0.172. The fourth-order valence-electron chi connectivity index (χ4n) is 2.99. The number of para-hydroxylation sites is 1. The highest BCUT2D eigenvalue weighted by molar-refractivity contribution is 5.75. The zero-order valence-electron chi connectivity index (χ0n) is 13.4. The second kappa shape index (κ2) is 6.02. The van der Waals surface area contributed by atoms with Gasteiger partial charge in [0.15, 0.2) is 0 Å². The van der Waals surface area contributed by atoms with Crippen LogP contribution in [0.25, 0.3) is 17.1 Å². The average Bonchev–Trinajstić information content (AvgIpc) is 2.98. The predicted molar refractivity (Wildman–Crippen MR) is 95.3 cm³/mol. The first-order valence-corrected chi connectivity index (χ1v) is 8.06. The fraction of sp³-hybridized carbons (Fsp3) is 0.211. The molecule has 2 aromatic carbocycles. The highest BCUT2D eigenvalue weighted by Crippen LogP contribution is 2.25. The molecular formula is C19H19N3O2. The number of benzene rings is 2. The van der Waals surface area contributed by atoms with Crippen LogP contribution >= 0.6 is 0 Å². The van der Waals surface area contributed by atoms with Crippen LogP contribution in [0.15, 0.2) is 52.8 Å². The summed E-state index contributed by atoms with van der Waals surface area (Å²) >= 11 is 0. The number of rotatable bonds is 4. The van der Waals surface area contributed by atoms with Gasteiger partial charge in [0, 0.05) is 18.2 Å². The van der Waals surface area contributed by atoms with Gasteiger partial charge in [-0.05, 0) is 42.3 Å². The summed E-state index contributed by atoms with van der Waals surface area (Å²) in [6, 6.07) is 14.2. The lowest BCUT2D eigenvalue weighted by atomic mass is 10.1. The molecule has 0 amide bonds. The third-order valence-corrected chi connectivity index (χ3v) is 4.37. The van der Waals surface area contributed by atoms with Crippen LogP contribution in [0.1, 0.15) is 24.1 Å². The number of imidazole rings is 1. The Bertz CT molecular complexity index is 968. The largest absolute Gasteiger partial charge is 0.489 e. The molecule has 24 heavy (non-hydrogen) atoms. The quantitative estimate of drug-likeness (QED) is 0.692. The van der Waals surface area contributed by atoms with Gasteiger partial charge >= 0.3 is 5.69 Å². The van der Waals surface area contributed by atoms with Crippen LogP contribution in [0.5, 0.6) is 5.75 Å². The minimum Gasteiger partial charge on any atom is -0.489 e. The third kappa shape index (κ3) is 2.86. The Hall–Kier alpha value is -2.79. The summed E-state index contributed by atoms with van der Waals surface area (Å²) in [7, 11) is 0. The van der Waals surface area contributed by atoms with Crippen molar-refractivity contribution in [2.24, 2.45) is 0 Å². The molecule has 3 N–H and O–H groups in total. The van der Waals surface area contributed by atoms with Crippen molar-refractivity contribution in [2.45, 2.75) is 13.0 Å². The molecule has 0 fully saturated rings. The number of H-pyrrole nitrogens is 2. The van der Waals surface area contributed by atoms with Crippen LogP contribution in [0.2, 0.25) is 0 Å². The molecule has 0 bridgehead atoms. The van der Waals surface area contributed by atoms with E-state index in [-0.39, 0.29) is 11.7 Å². The van der Waals surface area contributed by atoms with Crippen molar-refractivity contribution >= 4 is 17.1 Å². The maximum atomic E-state index is 11.4. The molecular weight excluding hydrogens is 302 g/mol. The lowest BCUT2D eigenvalue weighted by Gasteiger charge is -2.20. The first-order valence-electron chi connectivity index (χ1n) is 8.06. The van der Waals surface area contributed by atoms with E-state index in [1.54, 1.807) is 0 Å². The van der Waals surface area contributed by atoms with Gasteiger partial charge in [-0.2, -0.15) is 0 Å². The summed E-state index contributed by atoms with van der Waals surface area (Å²) in [6.07, 6.45) is 2.19. The Balaban J connectivity index is 1.47. The van der Waals surface area contributed by atoms with Crippen molar-refractivity contribution in [3.05, 3.63) is 69.6 Å². The van der Waals surface area contributed by atoms with Crippen LogP contribution in [-0.4, -0.2) is 23.1 Å². The molecule has 3 aromatic rings. The van der Waals surface area contributed by atoms with E-state index in [0.29, 0.717) is 6.61 Å². The molecule has 0 saturated heterocycles. The van der Waals surface area contributed by atoms with E-state index in [9.17, 15) is 4.79 Å². The van der Waals surface area contributed by atoms with Crippen LogP contribution in [0.3, 0.4) is 0 Å². The smallest absolute Gasteiger partial charge is 0.323 e. The molecule has 5 heteroatoms. The molecule has 1 aromatic heterocycles. The van der Waals surface area contributed by atoms with Gasteiger partial charge in [-0.1, -0.05) is 24.3 Å². The highest BCUT2D eigenvalue weighted by Gasteiger charge is 2.12. The van der Waals surface area contributed by atoms with E-state index < -0.39 is 0 Å². The summed E-state index contributed by atoms with van der Waals surface area (Å²) in [6.45, 7) is 3.49. The lowest BCUT2D eigenvalue weighted by molar-refractivity contribution is 0.341. The molecule has 122 valence electrons. The number of hydrogen-bond donors (Lipinski definition) is 3. The van der Waals surface area contributed by atoms with E-state index in [4.69, 9.17) is 4.74 Å². The highest BCUT2D eigenvalue weighted by atomic mass is 16.5. The van der Waals surface area contributed by atoms with Crippen molar-refractivity contribution < 1.29 is 4.74 Å². The summed E-state index contributed by atoms with van der Waals surface area (Å²) in [5, 5.41) is 3.52. The van der Waals surface area contributed by atoms with Crippen LogP contribution < -0.4 is 15.7 Å². The summed E-state index contributed by atoms with van der Waals surface area (Å²) in [5.74, 6) is 0.941. The van der Waals surface area contributed by atoms with Gasteiger partial charge in [0.25, 0.3) is 0 Å². The zero-order valence-corrected chi connectivity index (χ0v) is 13.4. The zero-order chi connectivity index (χ0) is 16.5. The lowest BCUT2D eigenvalue weighted by Crippen LogP contribution is -2.24. The number of nitrogens with one attached hydrogen (secondary N) is 3. The predicted octanol–water partition coefficient (Wildman–Crippen LogP) is 2.98. The molecule has 2 heterocycles. The maximum absolute atomic E-state index is 11.4. The Morgan fingerprint density at radius 1 is 1.17 bits per heavy atom. The molecule has 1 aliphatic rings. The number of aromatic nitrogens is 2. The topological polar surface area (TPSA) is 69.9 Å². The van der Waals surface area contributed by atoms with Crippen LogP contribution in [0, 0.1) is 0 Å². The second-order valence-corrected chi connectivity index (χ2v) is 6.12. The van der Waals surface area contributed by atoms with Crippen molar-refractivity contribution in [1.82, 2.24) is 15.3 Å². The Morgan fingerprint density at radius 2 is 2.00 bits per heavy atom. The maximum Gasteiger partial charge on any atom is 0.323 e. The standard InChI is InChI=1S/C19H19N3O2/c1-12(14-6-7-16-17(9-14)22-19(23)21-16)20-10-13-8-15-4-2-3-5-18(15)24-11-13/h2-9,12,20H,10-11H2,1H3,(H2,21,22,23)/t12-/m1/s1. The van der Waals surface area contributed by atoms with Gasteiger partial charge in [0.2, 0.25) is 0 Å². The van der Waals surface area contributed by atoms with Crippen molar-refractivity contribution in [1.29, 1.82) is 0 Å². The van der Waals surface area contributed by atoms with Gasteiger partial charge < -0.3 is 20.0 Å². The Kier molecular flexibility index (Phi) is 3.70. The molecule has 1 aliphatic heterocycles. The van der Waals surface area contributed by atoms with Gasteiger partial charge in [0.1, 0.15) is 12.4 Å². The molecule has 0 saturated carbocycles. The molecule has 1 atom stereocenters. The summed E-state index contributed by atoms with van der Waals surface area (Å²) < 4.78 is 5.78. The molecule has 0 unspecified atom stereocenters. The Labute approximate surface area is 139 Å². The third-order valence-electron chi connectivity index (χ3n) is 4.37. The van der Waals surface area contributed by atoms with Crippen molar-refractivity contribution in [3.8, 4) is 5.75 Å². The molecule has 5 nitrogen and oxygen atoms in total. The van der Waals surface area contributed by atoms with E-state index in [2.05, 4.69) is 34.4 Å². The van der Waals surface area contributed by atoms with Crippen molar-refractivity contribution in [3.63, 3.8) is 0 Å². The molecule has 0 aliphatic carbocycles. The second-order valence-electron chi connectivity index (χ2n) is 6.12. The molecule has 0 spiro atoms. The SMILES string of the molecule is C[C@@H](NCC1=Cc2ccccc2OC1)c1ccc2[nH]c(=O)[nH]c2c1. The summed E-state index contributed by atoms with van der Waals surface area (Å²) in [4.78, 5) is 16.9. The Morgan fingerprint density at radius 3 is 2.92 bits per heavy atom. The number of ether oxygens (including phenoxy) is 1. The van der Waals surface area contributed by atoms with E-state index in [1.165, 1.54) is 5.57 Å². The van der Waals surface area contributed by atoms with Gasteiger partial charge in [-0.3, -0.25) is 0 Å². The van der Waals surface area contributed by atoms with Crippen LogP contribution in [-0.2, 0) is 0 Å². The first kappa shape index (κ1) is 14.8. The molecule has 0 radical (unpaired) electrons. The van der Waals surface area contributed by atoms with Crippen molar-refractivity contribution in [2.75, 3.05) is 13.2 Å². The minimum atomic E-state index is -0.175. The number of aromatic amines is 2. The van der Waals surface area contributed by atoms with Gasteiger partial charge in [-0.25, -0.2) is 4.79 Å². The normalized spacial score (nSPS) is 14.8. The van der Waals surface area contributed by atoms with Gasteiger partial charge in [-0.15, -0.1) is 0 Å². The fourth-order valence-corrected chi connectivity index (χ4v) is 2.99. The van der Waals surface area contributed by atoms with Crippen LogP contribution in [0.4, 0.5) is 0 Å².